The Labute approximate surface area is 199 Å². The summed E-state index contributed by atoms with van der Waals surface area (Å²) in [6, 6.07) is 10.5. The third-order valence-electron chi connectivity index (χ3n) is 6.94. The molecular weight excluding hydrogens is 457 g/mol. The predicted molar refractivity (Wildman–Crippen MR) is 126 cm³/mol. The number of piperidine rings is 1. The number of halogens is 1. The van der Waals surface area contributed by atoms with Crippen LogP contribution in [-0.4, -0.2) is 43.7 Å². The van der Waals surface area contributed by atoms with Crippen LogP contribution in [0.3, 0.4) is 0 Å². The molecule has 0 aromatic heterocycles. The van der Waals surface area contributed by atoms with E-state index < -0.39 is 21.8 Å². The number of sulfonamides is 1. The van der Waals surface area contributed by atoms with Crippen LogP contribution in [0.2, 0.25) is 0 Å². The molecule has 3 aliphatic rings. The van der Waals surface area contributed by atoms with Gasteiger partial charge in [0.2, 0.25) is 21.8 Å². The first-order valence-corrected chi connectivity index (χ1v) is 13.2. The fourth-order valence-electron chi connectivity index (χ4n) is 4.93. The maximum atomic E-state index is 13.4. The number of anilines is 2. The number of carbonyl (C=O) groups is 2. The van der Waals surface area contributed by atoms with Crippen molar-refractivity contribution in [2.45, 2.75) is 50.0 Å². The van der Waals surface area contributed by atoms with Crippen molar-refractivity contribution in [1.82, 2.24) is 4.31 Å². The highest BCUT2D eigenvalue weighted by Crippen LogP contribution is 2.40. The van der Waals surface area contributed by atoms with E-state index >= 15 is 0 Å². The Morgan fingerprint density at radius 1 is 1.03 bits per heavy atom. The summed E-state index contributed by atoms with van der Waals surface area (Å²) < 4.78 is 41.4. The second kappa shape index (κ2) is 8.78. The number of fused-ring (bicyclic) bond motifs is 1. The Bertz CT molecular complexity index is 1230. The molecule has 2 atom stereocenters. The number of nitrogens with zero attached hydrogens (tertiary/aromatic N) is 2. The van der Waals surface area contributed by atoms with Crippen LogP contribution in [0, 0.1) is 17.7 Å². The highest BCUT2D eigenvalue weighted by atomic mass is 32.2. The van der Waals surface area contributed by atoms with E-state index in [1.807, 2.05) is 11.8 Å². The minimum atomic E-state index is -3.79. The maximum Gasteiger partial charge on any atom is 0.243 e. The van der Waals surface area contributed by atoms with Crippen molar-refractivity contribution < 1.29 is 22.4 Å². The van der Waals surface area contributed by atoms with Crippen molar-refractivity contribution in [2.24, 2.45) is 11.8 Å². The molecule has 1 aliphatic carbocycles. The number of carbonyl (C=O) groups excluding carboxylic acids is 2. The molecule has 0 radical (unpaired) electrons. The minimum absolute atomic E-state index is 0.00979. The van der Waals surface area contributed by atoms with Crippen LogP contribution in [0.25, 0.3) is 0 Å². The molecule has 2 fully saturated rings. The van der Waals surface area contributed by atoms with E-state index in [0.29, 0.717) is 31.5 Å². The van der Waals surface area contributed by atoms with E-state index in [0.717, 1.165) is 24.1 Å². The van der Waals surface area contributed by atoms with Crippen molar-refractivity contribution in [3.8, 4) is 0 Å². The van der Waals surface area contributed by atoms with E-state index in [1.54, 1.807) is 18.2 Å². The molecule has 7 nitrogen and oxygen atoms in total. The lowest BCUT2D eigenvalue weighted by molar-refractivity contribution is -0.121. The quantitative estimate of drug-likeness (QED) is 0.702. The van der Waals surface area contributed by atoms with Crippen LogP contribution in [0.4, 0.5) is 15.8 Å². The lowest BCUT2D eigenvalue weighted by Crippen LogP contribution is -2.43. The summed E-state index contributed by atoms with van der Waals surface area (Å²) in [4.78, 5) is 27.5. The number of hydrogen-bond acceptors (Lipinski definition) is 4. The fraction of sp³-hybridized carbons (Fsp3) is 0.440. The highest BCUT2D eigenvalue weighted by Gasteiger charge is 2.40. The first-order valence-electron chi connectivity index (χ1n) is 11.8. The molecule has 2 aromatic rings. The van der Waals surface area contributed by atoms with Gasteiger partial charge in [-0.2, -0.15) is 4.31 Å². The summed E-state index contributed by atoms with van der Waals surface area (Å²) in [6.45, 7) is 2.43. The van der Waals surface area contributed by atoms with E-state index in [1.165, 1.54) is 28.6 Å². The molecule has 180 valence electrons. The number of rotatable bonds is 5. The molecular formula is C25H28FN3O4S. The van der Waals surface area contributed by atoms with E-state index in [2.05, 4.69) is 5.32 Å². The Balaban J connectivity index is 1.31. The predicted octanol–water partition coefficient (Wildman–Crippen LogP) is 3.55. The van der Waals surface area contributed by atoms with E-state index in [4.69, 9.17) is 0 Å². The third kappa shape index (κ3) is 4.34. The average Bonchev–Trinajstić information content (AvgIpc) is 3.62. The molecule has 1 N–H and O–H groups in total. The zero-order valence-corrected chi connectivity index (χ0v) is 19.9. The Kier molecular flexibility index (Phi) is 5.93. The number of amides is 2. The van der Waals surface area contributed by atoms with Gasteiger partial charge in [0.15, 0.2) is 0 Å². The van der Waals surface area contributed by atoms with Crippen molar-refractivity contribution >= 4 is 33.2 Å². The van der Waals surface area contributed by atoms with Crippen LogP contribution < -0.4 is 10.2 Å². The summed E-state index contributed by atoms with van der Waals surface area (Å²) in [5.41, 5.74) is 2.15. The minimum Gasteiger partial charge on any atom is -0.326 e. The highest BCUT2D eigenvalue weighted by molar-refractivity contribution is 7.89. The van der Waals surface area contributed by atoms with Crippen LogP contribution in [0.1, 0.15) is 38.2 Å². The molecule has 0 unspecified atom stereocenters. The Hall–Kier alpha value is -2.78. The van der Waals surface area contributed by atoms with Gasteiger partial charge in [-0.15, -0.1) is 0 Å². The van der Waals surface area contributed by atoms with Crippen molar-refractivity contribution in [3.63, 3.8) is 0 Å². The molecule has 1 saturated carbocycles. The first-order chi connectivity index (χ1) is 16.2. The Morgan fingerprint density at radius 3 is 2.47 bits per heavy atom. The smallest absolute Gasteiger partial charge is 0.243 e. The number of hydrogen-bond donors (Lipinski definition) is 1. The molecule has 2 aliphatic heterocycles. The van der Waals surface area contributed by atoms with Crippen LogP contribution >= 0.6 is 0 Å². The summed E-state index contributed by atoms with van der Waals surface area (Å²) >= 11 is 0. The lowest BCUT2D eigenvalue weighted by atomic mass is 9.99. The van der Waals surface area contributed by atoms with Gasteiger partial charge in [0.05, 0.1) is 10.8 Å². The lowest BCUT2D eigenvalue weighted by Gasteiger charge is -2.31. The normalized spacial score (nSPS) is 22.9. The summed E-state index contributed by atoms with van der Waals surface area (Å²) in [5, 5.41) is 2.75. The Morgan fingerprint density at radius 2 is 1.76 bits per heavy atom. The zero-order chi connectivity index (χ0) is 24.0. The molecule has 0 spiro atoms. The summed E-state index contributed by atoms with van der Waals surface area (Å²) in [5.74, 6) is -0.925. The average molecular weight is 486 g/mol. The molecule has 5 rings (SSSR count). The van der Waals surface area contributed by atoms with Gasteiger partial charge in [0.25, 0.3) is 0 Å². The van der Waals surface area contributed by atoms with Crippen molar-refractivity contribution in [2.75, 3.05) is 23.3 Å². The summed E-state index contributed by atoms with van der Waals surface area (Å²) in [7, 11) is -3.79. The van der Waals surface area contributed by atoms with Crippen LogP contribution in [-0.2, 0) is 26.0 Å². The van der Waals surface area contributed by atoms with Gasteiger partial charge < -0.3 is 10.2 Å². The van der Waals surface area contributed by atoms with Crippen LogP contribution in [0.5, 0.6) is 0 Å². The zero-order valence-electron chi connectivity index (χ0n) is 19.0. The molecule has 34 heavy (non-hydrogen) atoms. The van der Waals surface area contributed by atoms with Gasteiger partial charge in [-0.05, 0) is 87.1 Å². The van der Waals surface area contributed by atoms with E-state index in [-0.39, 0.29) is 35.2 Å². The van der Waals surface area contributed by atoms with Gasteiger partial charge in [0, 0.05) is 36.4 Å². The number of benzene rings is 2. The largest absolute Gasteiger partial charge is 0.326 e. The first kappa shape index (κ1) is 23.0. The second-order valence-electron chi connectivity index (χ2n) is 9.52. The molecule has 2 aromatic carbocycles. The third-order valence-corrected chi connectivity index (χ3v) is 8.80. The van der Waals surface area contributed by atoms with Gasteiger partial charge in [0.1, 0.15) is 5.82 Å². The maximum absolute atomic E-state index is 13.4. The molecule has 0 bridgehead atoms. The molecule has 2 amide bonds. The molecule has 1 saturated heterocycles. The summed E-state index contributed by atoms with van der Waals surface area (Å²) in [6.07, 6.45) is 3.63. The molecule has 2 heterocycles. The van der Waals surface area contributed by atoms with Gasteiger partial charge in [-0.3, -0.25) is 9.59 Å². The second-order valence-corrected chi connectivity index (χ2v) is 11.5. The number of nitrogens with one attached hydrogen (secondary N) is 1. The SMILES string of the molecule is C[C@H]1Cc2cc(S(=O)(=O)N3CCC[C@@H](C(=O)Nc4ccc(F)cc4)C3)ccc2N1C(=O)C1CC1. The van der Waals surface area contributed by atoms with Crippen molar-refractivity contribution in [3.05, 3.63) is 53.8 Å². The van der Waals surface area contributed by atoms with Crippen LogP contribution in [0.15, 0.2) is 47.4 Å². The molecule has 9 heteroatoms. The van der Waals surface area contributed by atoms with Gasteiger partial charge in [-0.25, -0.2) is 12.8 Å². The van der Waals surface area contributed by atoms with Gasteiger partial charge >= 0.3 is 0 Å². The topological polar surface area (TPSA) is 86.8 Å². The van der Waals surface area contributed by atoms with Crippen molar-refractivity contribution in [1.29, 1.82) is 0 Å². The fourth-order valence-corrected chi connectivity index (χ4v) is 6.51. The van der Waals surface area contributed by atoms with E-state index in [9.17, 15) is 22.4 Å². The standard InChI is InChI=1S/C25H28FN3O4S/c1-16-13-19-14-22(10-11-23(19)29(16)25(31)17-4-5-17)34(32,33)28-12-2-3-18(15-28)24(30)27-21-8-6-20(26)7-9-21/h6-11,14,16-18H,2-5,12-13,15H2,1H3,(H,27,30)/t16-,18+/m0/s1. The van der Waals surface area contributed by atoms with Gasteiger partial charge in [-0.1, -0.05) is 0 Å². The monoisotopic (exact) mass is 485 g/mol.